The molecule has 4 fully saturated rings. The van der Waals surface area contributed by atoms with Crippen LogP contribution in [0.3, 0.4) is 0 Å². The molecule has 256 valence electrons. The van der Waals surface area contributed by atoms with Crippen LogP contribution in [-0.4, -0.2) is 106 Å². The maximum absolute atomic E-state index is 13.6. The van der Waals surface area contributed by atoms with E-state index >= 15 is 0 Å². The number of ketones is 1. The quantitative estimate of drug-likeness (QED) is 0.235. The number of thioether (sulfide) groups is 1. The SMILES string of the molecule is C=C[C@]1(C)C[C@@H](OC(=O)CSCc2csc(NC(=O)CN3CCN(CCO)CC3)n2)[C@]2(C)C(C)CCC3(CCC(=O)C32)[C@@H](C)[C@@H]1O. The number of nitrogens with one attached hydrogen (secondary N) is 1. The van der Waals surface area contributed by atoms with Crippen molar-refractivity contribution < 1.29 is 29.3 Å². The number of anilines is 1. The lowest BCUT2D eigenvalue weighted by Crippen LogP contribution is -2.63. The zero-order valence-corrected chi connectivity index (χ0v) is 29.5. The monoisotopic (exact) mass is 676 g/mol. The van der Waals surface area contributed by atoms with Gasteiger partial charge in [-0.3, -0.25) is 24.2 Å². The molecular weight excluding hydrogens is 625 g/mol. The minimum atomic E-state index is -0.687. The lowest BCUT2D eigenvalue weighted by molar-refractivity contribution is -0.205. The average molecular weight is 677 g/mol. The van der Waals surface area contributed by atoms with Crippen molar-refractivity contribution in [2.75, 3.05) is 56.9 Å². The maximum Gasteiger partial charge on any atom is 0.316 e. The van der Waals surface area contributed by atoms with Crippen LogP contribution < -0.4 is 5.32 Å². The predicted molar refractivity (Wildman–Crippen MR) is 182 cm³/mol. The first-order valence-corrected chi connectivity index (χ1v) is 18.8. The third-order valence-corrected chi connectivity index (χ3v) is 13.8. The van der Waals surface area contributed by atoms with Gasteiger partial charge in [-0.15, -0.1) is 29.7 Å². The van der Waals surface area contributed by atoms with Crippen molar-refractivity contribution in [1.29, 1.82) is 0 Å². The van der Waals surface area contributed by atoms with Crippen LogP contribution in [0.4, 0.5) is 5.13 Å². The fourth-order valence-corrected chi connectivity index (χ4v) is 10.6. The molecule has 3 aliphatic carbocycles. The molecule has 1 aromatic heterocycles. The van der Waals surface area contributed by atoms with Crippen molar-refractivity contribution in [3.05, 3.63) is 23.7 Å². The number of hydrogen-bond donors (Lipinski definition) is 3. The van der Waals surface area contributed by atoms with E-state index in [9.17, 15) is 19.5 Å². The van der Waals surface area contributed by atoms with E-state index in [1.54, 1.807) is 0 Å². The van der Waals surface area contributed by atoms with Crippen LogP contribution in [0.15, 0.2) is 18.0 Å². The van der Waals surface area contributed by atoms with Crippen molar-refractivity contribution >= 4 is 45.9 Å². The number of thiazole rings is 1. The Balaban J connectivity index is 1.18. The van der Waals surface area contributed by atoms with Crippen LogP contribution in [0.5, 0.6) is 0 Å². The smallest absolute Gasteiger partial charge is 0.316 e. The standard InChI is InChI=1S/C34H52N4O6S2/c1-6-32(4)17-26(33(5)22(2)7-9-34(23(3)30(32)43)10-8-25(40)29(33)34)44-28(42)21-45-19-24-20-46-31(35-24)36-27(41)18-38-13-11-37(12-14-38)15-16-39/h6,20,22-23,26,29-30,39,43H,1,7-19,21H2,2-5H3,(H,35,36,41)/t22?,23-,26+,29?,30-,32+,33-,34?/m0/s1. The Hall–Kier alpha value is -1.83. The molecular formula is C34H52N4O6S2. The number of β-amino-alcohol motifs (C(OH)–C–C–N with tert-alkyl or cyclic N) is 1. The number of piperazine rings is 1. The lowest BCUT2D eigenvalue weighted by Gasteiger charge is -2.61. The van der Waals surface area contributed by atoms with Crippen molar-refractivity contribution in [2.45, 2.75) is 77.8 Å². The molecule has 1 aliphatic heterocycles. The number of nitrogens with zero attached hydrogens (tertiary/aromatic N) is 3. The van der Waals surface area contributed by atoms with E-state index in [0.29, 0.717) is 36.8 Å². The highest BCUT2D eigenvalue weighted by Crippen LogP contribution is 2.68. The Kier molecular flexibility index (Phi) is 11.1. The van der Waals surface area contributed by atoms with Gasteiger partial charge in [-0.1, -0.05) is 33.8 Å². The highest BCUT2D eigenvalue weighted by atomic mass is 32.2. The van der Waals surface area contributed by atoms with Gasteiger partial charge in [-0.2, -0.15) is 0 Å². The Labute approximate surface area is 281 Å². The van der Waals surface area contributed by atoms with Crippen LogP contribution in [0.1, 0.15) is 65.5 Å². The number of hydrogen-bond acceptors (Lipinski definition) is 11. The van der Waals surface area contributed by atoms with Crippen LogP contribution >= 0.6 is 23.1 Å². The maximum atomic E-state index is 13.6. The van der Waals surface area contributed by atoms with Gasteiger partial charge in [0, 0.05) is 67.0 Å². The lowest BCUT2D eigenvalue weighted by atomic mass is 9.44. The molecule has 0 spiro atoms. The Morgan fingerprint density at radius 1 is 1.22 bits per heavy atom. The molecule has 4 aliphatic rings. The minimum Gasteiger partial charge on any atom is -0.461 e. The summed E-state index contributed by atoms with van der Waals surface area (Å²) in [7, 11) is 0. The summed E-state index contributed by atoms with van der Waals surface area (Å²) in [6.07, 6.45) is 4.17. The summed E-state index contributed by atoms with van der Waals surface area (Å²) in [5.74, 6) is 0.329. The summed E-state index contributed by atoms with van der Waals surface area (Å²) in [6.45, 7) is 16.9. The molecule has 0 radical (unpaired) electrons. The first-order valence-electron chi connectivity index (χ1n) is 16.8. The van der Waals surface area contributed by atoms with Gasteiger partial charge < -0.3 is 20.3 Å². The van der Waals surface area contributed by atoms with Crippen molar-refractivity contribution in [1.82, 2.24) is 14.8 Å². The highest BCUT2D eigenvalue weighted by molar-refractivity contribution is 7.99. The number of rotatable bonds is 11. The number of carbonyl (C=O) groups is 3. The van der Waals surface area contributed by atoms with Crippen LogP contribution in [0.2, 0.25) is 0 Å². The largest absolute Gasteiger partial charge is 0.461 e. The zero-order valence-electron chi connectivity index (χ0n) is 27.8. The predicted octanol–water partition coefficient (Wildman–Crippen LogP) is 3.83. The van der Waals surface area contributed by atoms with Crippen LogP contribution in [-0.2, 0) is 24.9 Å². The number of aromatic nitrogens is 1. The highest BCUT2D eigenvalue weighted by Gasteiger charge is 2.68. The average Bonchev–Trinajstić information content (AvgIpc) is 3.62. The van der Waals surface area contributed by atoms with E-state index in [1.807, 2.05) is 18.4 Å². The van der Waals surface area contributed by atoms with Gasteiger partial charge in [0.15, 0.2) is 5.13 Å². The number of aliphatic hydroxyl groups is 2. The van der Waals surface area contributed by atoms with E-state index in [4.69, 9.17) is 9.84 Å². The molecule has 1 amide bonds. The third kappa shape index (κ3) is 6.85. The number of carbonyl (C=O) groups excluding carboxylic acids is 3. The van der Waals surface area contributed by atoms with Gasteiger partial charge in [0.25, 0.3) is 0 Å². The minimum absolute atomic E-state index is 0.0631. The Morgan fingerprint density at radius 2 is 1.93 bits per heavy atom. The van der Waals surface area contributed by atoms with Crippen molar-refractivity contribution in [3.63, 3.8) is 0 Å². The molecule has 8 atom stereocenters. The molecule has 5 rings (SSSR count). The van der Waals surface area contributed by atoms with Gasteiger partial charge in [0.05, 0.1) is 30.7 Å². The number of amides is 1. The molecule has 12 heteroatoms. The van der Waals surface area contributed by atoms with Gasteiger partial charge in [-0.25, -0.2) is 4.98 Å². The van der Waals surface area contributed by atoms with Gasteiger partial charge >= 0.3 is 5.97 Å². The number of Topliss-reactive ketones (excluding diaryl/α,β-unsaturated/α-hetero) is 1. The van der Waals surface area contributed by atoms with E-state index in [2.05, 4.69) is 47.5 Å². The first-order chi connectivity index (χ1) is 21.9. The van der Waals surface area contributed by atoms with Crippen LogP contribution in [0.25, 0.3) is 0 Å². The molecule has 1 aromatic rings. The van der Waals surface area contributed by atoms with Crippen molar-refractivity contribution in [3.8, 4) is 0 Å². The second kappa shape index (κ2) is 14.3. The molecule has 0 aromatic carbocycles. The van der Waals surface area contributed by atoms with Crippen LogP contribution in [0, 0.1) is 34.0 Å². The second-order valence-electron chi connectivity index (χ2n) is 14.6. The summed E-state index contributed by atoms with van der Waals surface area (Å²) in [4.78, 5) is 48.4. The first kappa shape index (κ1) is 35.5. The normalized spacial score (nSPS) is 36.8. The van der Waals surface area contributed by atoms with E-state index < -0.39 is 23.0 Å². The molecule has 1 saturated heterocycles. The van der Waals surface area contributed by atoms with Gasteiger partial charge in [0.1, 0.15) is 11.9 Å². The molecule has 3 unspecified atom stereocenters. The Bertz CT molecular complexity index is 1290. The molecule has 3 saturated carbocycles. The number of ether oxygens (including phenoxy) is 1. The summed E-state index contributed by atoms with van der Waals surface area (Å²) in [5.41, 5.74) is -0.698. The fraction of sp³-hybridized carbons (Fsp3) is 0.765. The zero-order chi connectivity index (χ0) is 33.3. The fourth-order valence-electron chi connectivity index (χ4n) is 9.04. The van der Waals surface area contributed by atoms with Gasteiger partial charge in [0.2, 0.25) is 5.91 Å². The topological polar surface area (TPSA) is 132 Å². The second-order valence-corrected chi connectivity index (χ2v) is 16.4. The molecule has 2 heterocycles. The van der Waals surface area contributed by atoms with E-state index in [1.165, 1.54) is 23.1 Å². The summed E-state index contributed by atoms with van der Waals surface area (Å²) >= 11 is 2.78. The molecule has 10 nitrogen and oxygen atoms in total. The number of aliphatic hydroxyl groups excluding tert-OH is 2. The Morgan fingerprint density at radius 3 is 2.63 bits per heavy atom. The van der Waals surface area contributed by atoms with E-state index in [-0.39, 0.29) is 53.2 Å². The third-order valence-electron chi connectivity index (χ3n) is 12.1. The molecule has 46 heavy (non-hydrogen) atoms. The molecule has 2 bridgehead atoms. The summed E-state index contributed by atoms with van der Waals surface area (Å²) in [6, 6.07) is 0. The van der Waals surface area contributed by atoms with Gasteiger partial charge in [-0.05, 0) is 42.9 Å². The molecule has 3 N–H and O–H groups in total. The van der Waals surface area contributed by atoms with E-state index in [0.717, 1.165) is 51.1 Å². The number of esters is 1. The summed E-state index contributed by atoms with van der Waals surface area (Å²) < 4.78 is 6.34. The van der Waals surface area contributed by atoms with Crippen molar-refractivity contribution in [2.24, 2.45) is 34.0 Å². The summed E-state index contributed by atoms with van der Waals surface area (Å²) in [5, 5.41) is 26.1.